The maximum Gasteiger partial charge on any atom is 0.132 e. The molecule has 0 bridgehead atoms. The Balaban J connectivity index is 2.09. The van der Waals surface area contributed by atoms with E-state index in [1.54, 1.807) is 0 Å². The van der Waals surface area contributed by atoms with Gasteiger partial charge in [-0.15, -0.1) is 11.6 Å². The van der Waals surface area contributed by atoms with Crippen LogP contribution >= 0.6 is 11.6 Å². The molecule has 16 heavy (non-hydrogen) atoms. The van der Waals surface area contributed by atoms with Crippen molar-refractivity contribution in [1.82, 2.24) is 0 Å². The smallest absolute Gasteiger partial charge is 0.132 e. The maximum atomic E-state index is 11.5. The zero-order chi connectivity index (χ0) is 11.6. The van der Waals surface area contributed by atoms with Gasteiger partial charge < -0.3 is 0 Å². The third kappa shape index (κ3) is 5.92. The molecule has 0 aliphatic heterocycles. The van der Waals surface area contributed by atoms with Crippen molar-refractivity contribution in [3.05, 3.63) is 35.9 Å². The van der Waals surface area contributed by atoms with E-state index in [2.05, 4.69) is 12.1 Å². The first-order chi connectivity index (χ1) is 7.83. The molecule has 0 atom stereocenters. The number of halogens is 1. The molecule has 0 fully saturated rings. The molecule has 0 spiro atoms. The molecular formula is C14H19ClO. The summed E-state index contributed by atoms with van der Waals surface area (Å²) in [7, 11) is 0. The van der Waals surface area contributed by atoms with E-state index in [4.69, 9.17) is 11.6 Å². The Bertz CT molecular complexity index is 295. The minimum atomic E-state index is 0.376. The Morgan fingerprint density at radius 3 is 2.38 bits per heavy atom. The summed E-state index contributed by atoms with van der Waals surface area (Å²) in [5.74, 6) is 1.04. The predicted octanol–water partition coefficient (Wildman–Crippen LogP) is 3.99. The topological polar surface area (TPSA) is 17.1 Å². The second-order valence-electron chi connectivity index (χ2n) is 4.02. The van der Waals surface area contributed by atoms with Crippen LogP contribution in [0.2, 0.25) is 0 Å². The molecule has 0 heterocycles. The zero-order valence-corrected chi connectivity index (χ0v) is 10.4. The van der Waals surface area contributed by atoms with Crippen LogP contribution in [0.25, 0.3) is 0 Å². The zero-order valence-electron chi connectivity index (χ0n) is 9.62. The normalized spacial score (nSPS) is 10.3. The molecule has 0 radical (unpaired) electrons. The number of Topliss-reactive ketones (excluding diaryl/α,β-unsaturated/α-hetero) is 1. The standard InChI is InChI=1S/C14H19ClO/c15-12-5-4-10-14(16)11-6-9-13-7-2-1-3-8-13/h1-3,7-8H,4-6,9-12H2. The van der Waals surface area contributed by atoms with Crippen molar-refractivity contribution in [3.63, 3.8) is 0 Å². The summed E-state index contributed by atoms with van der Waals surface area (Å²) in [6, 6.07) is 10.3. The van der Waals surface area contributed by atoms with Gasteiger partial charge in [0.25, 0.3) is 0 Å². The first-order valence-corrected chi connectivity index (χ1v) is 6.48. The fraction of sp³-hybridized carbons (Fsp3) is 0.500. The molecule has 1 aromatic carbocycles. The molecule has 2 heteroatoms. The highest BCUT2D eigenvalue weighted by Gasteiger charge is 2.01. The van der Waals surface area contributed by atoms with E-state index in [9.17, 15) is 4.79 Å². The van der Waals surface area contributed by atoms with Crippen molar-refractivity contribution in [2.24, 2.45) is 0 Å². The van der Waals surface area contributed by atoms with Crippen molar-refractivity contribution in [3.8, 4) is 0 Å². The summed E-state index contributed by atoms with van der Waals surface area (Å²) in [5.41, 5.74) is 1.32. The van der Waals surface area contributed by atoms with Crippen LogP contribution in [-0.2, 0) is 11.2 Å². The van der Waals surface area contributed by atoms with Crippen LogP contribution in [0.15, 0.2) is 30.3 Å². The Kier molecular flexibility index (Phi) is 6.91. The number of hydrogen-bond acceptors (Lipinski definition) is 1. The van der Waals surface area contributed by atoms with E-state index in [0.717, 1.165) is 25.7 Å². The molecule has 0 saturated heterocycles. The van der Waals surface area contributed by atoms with Crippen LogP contribution in [0.1, 0.15) is 37.7 Å². The molecule has 0 aromatic heterocycles. The summed E-state index contributed by atoms with van der Waals surface area (Å²) in [6.45, 7) is 0. The number of carbonyl (C=O) groups excluding carboxylic acids is 1. The van der Waals surface area contributed by atoms with Crippen molar-refractivity contribution >= 4 is 17.4 Å². The van der Waals surface area contributed by atoms with Gasteiger partial charge in [-0.2, -0.15) is 0 Å². The minimum absolute atomic E-state index is 0.376. The van der Waals surface area contributed by atoms with Gasteiger partial charge in [0, 0.05) is 18.7 Å². The van der Waals surface area contributed by atoms with Crippen molar-refractivity contribution in [2.45, 2.75) is 38.5 Å². The summed E-state index contributed by atoms with van der Waals surface area (Å²) in [5, 5.41) is 0. The van der Waals surface area contributed by atoms with E-state index >= 15 is 0 Å². The first kappa shape index (κ1) is 13.2. The van der Waals surface area contributed by atoms with Gasteiger partial charge in [-0.3, -0.25) is 4.79 Å². The van der Waals surface area contributed by atoms with Crippen molar-refractivity contribution in [1.29, 1.82) is 0 Å². The summed E-state index contributed by atoms with van der Waals surface area (Å²) in [4.78, 5) is 11.5. The lowest BCUT2D eigenvalue weighted by atomic mass is 10.0. The number of aryl methyl sites for hydroxylation is 1. The van der Waals surface area contributed by atoms with Gasteiger partial charge in [-0.05, 0) is 31.2 Å². The fourth-order valence-corrected chi connectivity index (χ4v) is 1.87. The Labute approximate surface area is 103 Å². The van der Waals surface area contributed by atoms with E-state index in [1.807, 2.05) is 18.2 Å². The summed E-state index contributed by atoms with van der Waals surface area (Å²) in [6.07, 6.45) is 5.25. The predicted molar refractivity (Wildman–Crippen MR) is 69.0 cm³/mol. The monoisotopic (exact) mass is 238 g/mol. The molecule has 0 aliphatic rings. The van der Waals surface area contributed by atoms with E-state index < -0.39 is 0 Å². The highest BCUT2D eigenvalue weighted by atomic mass is 35.5. The van der Waals surface area contributed by atoms with E-state index in [-0.39, 0.29) is 0 Å². The molecule has 0 aliphatic carbocycles. The first-order valence-electron chi connectivity index (χ1n) is 5.94. The van der Waals surface area contributed by atoms with Crippen LogP contribution < -0.4 is 0 Å². The molecule has 0 N–H and O–H groups in total. The Hall–Kier alpha value is -0.820. The quantitative estimate of drug-likeness (QED) is 0.495. The molecule has 0 amide bonds. The van der Waals surface area contributed by atoms with Gasteiger partial charge in [0.2, 0.25) is 0 Å². The molecular weight excluding hydrogens is 220 g/mol. The SMILES string of the molecule is O=C(CCCCCl)CCCc1ccccc1. The third-order valence-electron chi connectivity index (χ3n) is 2.60. The largest absolute Gasteiger partial charge is 0.300 e. The number of benzene rings is 1. The summed E-state index contributed by atoms with van der Waals surface area (Å²) < 4.78 is 0. The Morgan fingerprint density at radius 1 is 1.00 bits per heavy atom. The average Bonchev–Trinajstić information content (AvgIpc) is 2.31. The fourth-order valence-electron chi connectivity index (χ4n) is 1.68. The van der Waals surface area contributed by atoms with Crippen LogP contribution in [0.5, 0.6) is 0 Å². The average molecular weight is 239 g/mol. The number of unbranched alkanes of at least 4 members (excludes halogenated alkanes) is 1. The number of alkyl halides is 1. The molecule has 0 saturated carbocycles. The van der Waals surface area contributed by atoms with Crippen molar-refractivity contribution in [2.75, 3.05) is 5.88 Å². The minimum Gasteiger partial charge on any atom is -0.300 e. The molecule has 1 rings (SSSR count). The number of hydrogen-bond donors (Lipinski definition) is 0. The Morgan fingerprint density at radius 2 is 1.69 bits per heavy atom. The van der Waals surface area contributed by atoms with Crippen molar-refractivity contribution < 1.29 is 4.79 Å². The second-order valence-corrected chi connectivity index (χ2v) is 4.40. The third-order valence-corrected chi connectivity index (χ3v) is 2.87. The summed E-state index contributed by atoms with van der Waals surface area (Å²) >= 11 is 5.56. The van der Waals surface area contributed by atoms with Crippen LogP contribution in [0, 0.1) is 0 Å². The van der Waals surface area contributed by atoms with Crippen LogP contribution in [0.3, 0.4) is 0 Å². The van der Waals surface area contributed by atoms with Gasteiger partial charge in [0.15, 0.2) is 0 Å². The number of carbonyl (C=O) groups is 1. The van der Waals surface area contributed by atoms with Crippen LogP contribution in [-0.4, -0.2) is 11.7 Å². The lowest BCUT2D eigenvalue weighted by Crippen LogP contribution is -1.99. The molecule has 0 unspecified atom stereocenters. The van der Waals surface area contributed by atoms with Gasteiger partial charge in [0.1, 0.15) is 5.78 Å². The van der Waals surface area contributed by atoms with Crippen LogP contribution in [0.4, 0.5) is 0 Å². The van der Waals surface area contributed by atoms with Gasteiger partial charge >= 0.3 is 0 Å². The van der Waals surface area contributed by atoms with Gasteiger partial charge in [-0.1, -0.05) is 30.3 Å². The highest BCUT2D eigenvalue weighted by molar-refractivity contribution is 6.17. The lowest BCUT2D eigenvalue weighted by Gasteiger charge is -2.01. The highest BCUT2D eigenvalue weighted by Crippen LogP contribution is 2.07. The van der Waals surface area contributed by atoms with Gasteiger partial charge in [0.05, 0.1) is 0 Å². The number of ketones is 1. The number of rotatable bonds is 8. The molecule has 1 aromatic rings. The molecule has 88 valence electrons. The van der Waals surface area contributed by atoms with E-state index in [1.165, 1.54) is 5.56 Å². The van der Waals surface area contributed by atoms with Gasteiger partial charge in [-0.25, -0.2) is 0 Å². The lowest BCUT2D eigenvalue weighted by molar-refractivity contribution is -0.119. The second kappa shape index (κ2) is 8.35. The maximum absolute atomic E-state index is 11.5. The molecule has 1 nitrogen and oxygen atoms in total. The van der Waals surface area contributed by atoms with E-state index in [0.29, 0.717) is 24.5 Å².